The first kappa shape index (κ1) is 22.1. The molecule has 1 heterocycles. The number of hydrogen-bond donors (Lipinski definition) is 1. The highest BCUT2D eigenvalue weighted by Gasteiger charge is 2.12. The molecule has 7 nitrogen and oxygen atoms in total. The molecule has 0 fully saturated rings. The maximum atomic E-state index is 12.6. The summed E-state index contributed by atoms with van der Waals surface area (Å²) in [6.45, 7) is 3.06. The van der Waals surface area contributed by atoms with Crippen molar-refractivity contribution in [2.45, 2.75) is 20.0 Å². The molecule has 0 bridgehead atoms. The van der Waals surface area contributed by atoms with Gasteiger partial charge in [0, 0.05) is 24.7 Å². The Balaban J connectivity index is 1.51. The van der Waals surface area contributed by atoms with Crippen LogP contribution in [-0.4, -0.2) is 21.6 Å². The van der Waals surface area contributed by atoms with Crippen molar-refractivity contribution in [1.82, 2.24) is 14.5 Å². The van der Waals surface area contributed by atoms with Crippen LogP contribution in [0.4, 0.5) is 0 Å². The quantitative estimate of drug-likeness (QED) is 0.445. The standard InChI is InChI=1S/C26H25N3O4/c1-3-33-23-11-7-4-8-20(23)16-27-24(30)19-14-12-18(13-15-19)17-29-22-10-6-5-9-21(22)28(2)25(31)26(29)32/h4-15H,3,16-17H2,1-2H3,(H,27,30). The maximum absolute atomic E-state index is 12.6. The molecule has 1 amide bonds. The average Bonchev–Trinajstić information content (AvgIpc) is 2.85. The molecule has 7 heteroatoms. The number of aryl methyl sites for hydroxylation is 1. The number of para-hydroxylation sites is 3. The summed E-state index contributed by atoms with van der Waals surface area (Å²) in [5, 5.41) is 2.91. The van der Waals surface area contributed by atoms with Gasteiger partial charge in [-0.15, -0.1) is 0 Å². The van der Waals surface area contributed by atoms with Gasteiger partial charge in [-0.2, -0.15) is 0 Å². The molecule has 4 aromatic rings. The van der Waals surface area contributed by atoms with E-state index in [1.165, 1.54) is 9.13 Å². The van der Waals surface area contributed by atoms with Crippen LogP contribution >= 0.6 is 0 Å². The summed E-state index contributed by atoms with van der Waals surface area (Å²) in [5.74, 6) is 0.548. The minimum absolute atomic E-state index is 0.205. The number of rotatable bonds is 7. The lowest BCUT2D eigenvalue weighted by Crippen LogP contribution is -2.40. The lowest BCUT2D eigenvalue weighted by Gasteiger charge is -2.13. The third kappa shape index (κ3) is 4.57. The van der Waals surface area contributed by atoms with Crippen molar-refractivity contribution < 1.29 is 9.53 Å². The lowest BCUT2D eigenvalue weighted by molar-refractivity contribution is 0.0950. The zero-order valence-electron chi connectivity index (χ0n) is 18.6. The Morgan fingerprint density at radius 1 is 0.879 bits per heavy atom. The summed E-state index contributed by atoms with van der Waals surface area (Å²) in [7, 11) is 1.59. The first-order valence-electron chi connectivity index (χ1n) is 10.8. The number of ether oxygens (including phenoxy) is 1. The SMILES string of the molecule is CCOc1ccccc1CNC(=O)c1ccc(Cn2c(=O)c(=O)n(C)c3ccccc32)cc1. The Labute approximate surface area is 190 Å². The van der Waals surface area contributed by atoms with Gasteiger partial charge in [0.2, 0.25) is 0 Å². The van der Waals surface area contributed by atoms with E-state index in [9.17, 15) is 14.4 Å². The number of nitrogens with zero attached hydrogens (tertiary/aromatic N) is 2. The van der Waals surface area contributed by atoms with E-state index in [0.717, 1.165) is 16.9 Å². The molecular weight excluding hydrogens is 418 g/mol. The van der Waals surface area contributed by atoms with Crippen molar-refractivity contribution in [3.8, 4) is 5.75 Å². The zero-order chi connectivity index (χ0) is 23.4. The van der Waals surface area contributed by atoms with Gasteiger partial charge in [0.05, 0.1) is 24.2 Å². The number of carbonyl (C=O) groups is 1. The molecule has 0 aliphatic carbocycles. The van der Waals surface area contributed by atoms with Crippen molar-refractivity contribution in [3.63, 3.8) is 0 Å². The van der Waals surface area contributed by atoms with E-state index < -0.39 is 11.1 Å². The fourth-order valence-electron chi connectivity index (χ4n) is 3.78. The number of amides is 1. The second kappa shape index (κ2) is 9.56. The molecular formula is C26H25N3O4. The second-order valence-electron chi connectivity index (χ2n) is 7.66. The number of aromatic nitrogens is 2. The van der Waals surface area contributed by atoms with Gasteiger partial charge in [0.15, 0.2) is 0 Å². The third-order valence-electron chi connectivity index (χ3n) is 5.54. The third-order valence-corrected chi connectivity index (χ3v) is 5.54. The lowest BCUT2D eigenvalue weighted by atomic mass is 10.1. The van der Waals surface area contributed by atoms with Crippen LogP contribution < -0.4 is 21.2 Å². The van der Waals surface area contributed by atoms with Gasteiger partial charge in [0.1, 0.15) is 5.75 Å². The van der Waals surface area contributed by atoms with Crippen molar-refractivity contribution in [3.05, 3.63) is 110 Å². The molecule has 0 aliphatic heterocycles. The molecule has 0 radical (unpaired) electrons. The van der Waals surface area contributed by atoms with Gasteiger partial charge in [-0.3, -0.25) is 19.0 Å². The van der Waals surface area contributed by atoms with Crippen LogP contribution in [-0.2, 0) is 20.1 Å². The average molecular weight is 444 g/mol. The van der Waals surface area contributed by atoms with Crippen LogP contribution in [0.2, 0.25) is 0 Å². The smallest absolute Gasteiger partial charge is 0.317 e. The zero-order valence-corrected chi connectivity index (χ0v) is 18.6. The highest BCUT2D eigenvalue weighted by atomic mass is 16.5. The number of nitrogens with one attached hydrogen (secondary N) is 1. The number of benzene rings is 3. The van der Waals surface area contributed by atoms with Gasteiger partial charge in [-0.25, -0.2) is 0 Å². The summed E-state index contributed by atoms with van der Waals surface area (Å²) in [6.07, 6.45) is 0. The van der Waals surface area contributed by atoms with Crippen LogP contribution in [0.3, 0.4) is 0 Å². The van der Waals surface area contributed by atoms with Crippen molar-refractivity contribution >= 4 is 16.9 Å². The highest BCUT2D eigenvalue weighted by molar-refractivity contribution is 5.94. The fraction of sp³-hybridized carbons (Fsp3) is 0.192. The topological polar surface area (TPSA) is 82.3 Å². The molecule has 3 aromatic carbocycles. The van der Waals surface area contributed by atoms with Crippen molar-refractivity contribution in [2.75, 3.05) is 6.61 Å². The van der Waals surface area contributed by atoms with E-state index >= 15 is 0 Å². The first-order valence-corrected chi connectivity index (χ1v) is 10.8. The largest absolute Gasteiger partial charge is 0.494 e. The molecule has 0 saturated heterocycles. The maximum Gasteiger partial charge on any atom is 0.317 e. The summed E-state index contributed by atoms with van der Waals surface area (Å²) in [5.41, 5.74) is 2.44. The first-order chi connectivity index (χ1) is 16.0. The van der Waals surface area contributed by atoms with Crippen LogP contribution in [0.5, 0.6) is 5.75 Å². The molecule has 0 saturated carbocycles. The monoisotopic (exact) mass is 443 g/mol. The minimum Gasteiger partial charge on any atom is -0.494 e. The van der Waals surface area contributed by atoms with E-state index in [-0.39, 0.29) is 12.5 Å². The number of carbonyl (C=O) groups excluding carboxylic acids is 1. The van der Waals surface area contributed by atoms with E-state index in [0.29, 0.717) is 29.7 Å². The number of fused-ring (bicyclic) bond motifs is 1. The Hall–Kier alpha value is -4.13. The Morgan fingerprint density at radius 3 is 2.27 bits per heavy atom. The van der Waals surface area contributed by atoms with E-state index in [4.69, 9.17) is 4.74 Å². The molecule has 33 heavy (non-hydrogen) atoms. The molecule has 0 spiro atoms. The Bertz CT molecular complexity index is 1420. The van der Waals surface area contributed by atoms with Gasteiger partial charge >= 0.3 is 11.1 Å². The van der Waals surface area contributed by atoms with Crippen molar-refractivity contribution in [2.24, 2.45) is 7.05 Å². The van der Waals surface area contributed by atoms with E-state index in [2.05, 4.69) is 5.32 Å². The van der Waals surface area contributed by atoms with Crippen LogP contribution in [0.15, 0.2) is 82.4 Å². The molecule has 0 atom stereocenters. The van der Waals surface area contributed by atoms with Crippen molar-refractivity contribution in [1.29, 1.82) is 0 Å². The number of hydrogen-bond acceptors (Lipinski definition) is 4. The molecule has 0 unspecified atom stereocenters. The molecule has 4 rings (SSSR count). The Morgan fingerprint density at radius 2 is 1.55 bits per heavy atom. The molecule has 1 aromatic heterocycles. The van der Waals surface area contributed by atoms with E-state index in [1.54, 1.807) is 31.3 Å². The second-order valence-corrected chi connectivity index (χ2v) is 7.66. The summed E-state index contributed by atoms with van der Waals surface area (Å²) in [6, 6.07) is 21.9. The van der Waals surface area contributed by atoms with Crippen LogP contribution in [0.1, 0.15) is 28.4 Å². The molecule has 1 N–H and O–H groups in total. The van der Waals surface area contributed by atoms with Crippen LogP contribution in [0, 0.1) is 0 Å². The molecule has 0 aliphatic rings. The normalized spacial score (nSPS) is 10.8. The van der Waals surface area contributed by atoms with Gasteiger partial charge in [-0.1, -0.05) is 42.5 Å². The molecule has 168 valence electrons. The predicted molar refractivity (Wildman–Crippen MR) is 128 cm³/mol. The summed E-state index contributed by atoms with van der Waals surface area (Å²) in [4.78, 5) is 37.6. The van der Waals surface area contributed by atoms with Gasteiger partial charge < -0.3 is 14.6 Å². The minimum atomic E-state index is -0.578. The van der Waals surface area contributed by atoms with E-state index in [1.807, 2.05) is 55.5 Å². The summed E-state index contributed by atoms with van der Waals surface area (Å²) >= 11 is 0. The fourth-order valence-corrected chi connectivity index (χ4v) is 3.78. The Kier molecular flexibility index (Phi) is 6.40. The van der Waals surface area contributed by atoms with Crippen LogP contribution in [0.25, 0.3) is 11.0 Å². The van der Waals surface area contributed by atoms with Gasteiger partial charge in [0.25, 0.3) is 5.91 Å². The van der Waals surface area contributed by atoms with Gasteiger partial charge in [-0.05, 0) is 42.8 Å². The highest BCUT2D eigenvalue weighted by Crippen LogP contribution is 2.18. The predicted octanol–water partition coefficient (Wildman–Crippen LogP) is 3.08. The summed E-state index contributed by atoms with van der Waals surface area (Å²) < 4.78 is 8.44.